The Hall–Kier alpha value is 0.250. The molecule has 1 rings (SSSR count). The van der Waals surface area contributed by atoms with Gasteiger partial charge in [-0.3, -0.25) is 0 Å². The molecule has 54 valence electrons. The quantitative estimate of drug-likeness (QED) is 0.338. The van der Waals surface area contributed by atoms with Crippen LogP contribution in [0.2, 0.25) is 0 Å². The van der Waals surface area contributed by atoms with Crippen LogP contribution < -0.4 is 0 Å². The number of ether oxygens (including phenoxy) is 1. The van der Waals surface area contributed by atoms with Crippen molar-refractivity contribution in [3.63, 3.8) is 0 Å². The largest absolute Gasteiger partial charge is 0.370 e. The lowest BCUT2D eigenvalue weighted by molar-refractivity contribution is 0.367. The number of hydrogen-bond donors (Lipinski definition) is 0. The molecular weight excluding hydrogens is 136 g/mol. The second-order valence-electron chi connectivity index (χ2n) is 2.56. The fraction of sp³-hybridized carbons (Fsp3) is 1.00. The third-order valence-electron chi connectivity index (χ3n) is 1.71. The lowest BCUT2D eigenvalue weighted by atomic mass is 10.2. The van der Waals surface area contributed by atoms with Gasteiger partial charge in [-0.15, -0.1) is 11.6 Å². The minimum atomic E-state index is 0.528. The molecule has 1 fully saturated rings. The SMILES string of the molecule is CC1OC1CCCCCl. The molecule has 1 saturated heterocycles. The van der Waals surface area contributed by atoms with Gasteiger partial charge in [0.2, 0.25) is 0 Å². The van der Waals surface area contributed by atoms with E-state index in [2.05, 4.69) is 6.92 Å². The Bertz CT molecular complexity index is 85.0. The van der Waals surface area contributed by atoms with E-state index < -0.39 is 0 Å². The van der Waals surface area contributed by atoms with Crippen molar-refractivity contribution >= 4 is 11.6 Å². The summed E-state index contributed by atoms with van der Waals surface area (Å²) in [5, 5.41) is 0. The third kappa shape index (κ3) is 2.55. The van der Waals surface area contributed by atoms with E-state index in [1.54, 1.807) is 0 Å². The molecule has 9 heavy (non-hydrogen) atoms. The minimum Gasteiger partial charge on any atom is -0.370 e. The maximum absolute atomic E-state index is 5.50. The molecule has 0 aromatic carbocycles. The highest BCUT2D eigenvalue weighted by Crippen LogP contribution is 2.25. The molecule has 0 bridgehead atoms. The van der Waals surface area contributed by atoms with Gasteiger partial charge in [-0.05, 0) is 26.2 Å². The van der Waals surface area contributed by atoms with Crippen molar-refractivity contribution in [1.82, 2.24) is 0 Å². The van der Waals surface area contributed by atoms with Crippen LogP contribution in [-0.4, -0.2) is 18.1 Å². The summed E-state index contributed by atoms with van der Waals surface area (Å²) >= 11 is 5.50. The van der Waals surface area contributed by atoms with Crippen molar-refractivity contribution in [3.8, 4) is 0 Å². The Morgan fingerprint density at radius 2 is 2.11 bits per heavy atom. The molecule has 1 nitrogen and oxygen atoms in total. The first-order valence-electron chi connectivity index (χ1n) is 3.56. The monoisotopic (exact) mass is 148 g/mol. The van der Waals surface area contributed by atoms with E-state index in [1.807, 2.05) is 0 Å². The summed E-state index contributed by atoms with van der Waals surface area (Å²) in [5.74, 6) is 0.793. The molecule has 2 unspecified atom stereocenters. The summed E-state index contributed by atoms with van der Waals surface area (Å²) < 4.78 is 5.22. The summed E-state index contributed by atoms with van der Waals surface area (Å²) in [5.41, 5.74) is 0. The van der Waals surface area contributed by atoms with Crippen LogP contribution >= 0.6 is 11.6 Å². The number of alkyl halides is 1. The average molecular weight is 149 g/mol. The fourth-order valence-corrected chi connectivity index (χ4v) is 1.16. The Balaban J connectivity index is 1.83. The predicted molar refractivity (Wildman–Crippen MR) is 38.9 cm³/mol. The van der Waals surface area contributed by atoms with Crippen LogP contribution in [0, 0.1) is 0 Å². The molecule has 1 heterocycles. The molecule has 0 amide bonds. The standard InChI is InChI=1S/C7H13ClO/c1-6-7(9-6)4-2-3-5-8/h6-7H,2-5H2,1H3. The van der Waals surface area contributed by atoms with Crippen molar-refractivity contribution < 1.29 is 4.74 Å². The van der Waals surface area contributed by atoms with Gasteiger partial charge in [-0.25, -0.2) is 0 Å². The Kier molecular flexibility index (Phi) is 2.80. The van der Waals surface area contributed by atoms with Gasteiger partial charge in [-0.1, -0.05) is 0 Å². The Morgan fingerprint density at radius 3 is 2.56 bits per heavy atom. The average Bonchev–Trinajstić information content (AvgIpc) is 2.48. The van der Waals surface area contributed by atoms with Gasteiger partial charge in [-0.2, -0.15) is 0 Å². The second-order valence-corrected chi connectivity index (χ2v) is 2.94. The molecular formula is C7H13ClO. The van der Waals surface area contributed by atoms with E-state index in [1.165, 1.54) is 12.8 Å². The number of hydrogen-bond acceptors (Lipinski definition) is 1. The van der Waals surface area contributed by atoms with E-state index in [9.17, 15) is 0 Å². The van der Waals surface area contributed by atoms with Crippen molar-refractivity contribution in [2.24, 2.45) is 0 Å². The fourth-order valence-electron chi connectivity index (χ4n) is 0.973. The highest BCUT2D eigenvalue weighted by molar-refractivity contribution is 6.17. The zero-order chi connectivity index (χ0) is 6.69. The zero-order valence-corrected chi connectivity index (χ0v) is 6.53. The maximum atomic E-state index is 5.50. The first-order valence-corrected chi connectivity index (χ1v) is 4.09. The lowest BCUT2D eigenvalue weighted by Gasteiger charge is -1.90. The first-order chi connectivity index (χ1) is 4.34. The van der Waals surface area contributed by atoms with Gasteiger partial charge in [0, 0.05) is 5.88 Å². The minimum absolute atomic E-state index is 0.528. The highest BCUT2D eigenvalue weighted by Gasteiger charge is 2.32. The van der Waals surface area contributed by atoms with Crippen molar-refractivity contribution in [2.75, 3.05) is 5.88 Å². The molecule has 1 aliphatic heterocycles. The number of rotatable bonds is 4. The topological polar surface area (TPSA) is 12.5 Å². The molecule has 2 atom stereocenters. The van der Waals surface area contributed by atoms with Gasteiger partial charge in [0.05, 0.1) is 12.2 Å². The summed E-state index contributed by atoms with van der Waals surface area (Å²) in [7, 11) is 0. The molecule has 0 N–H and O–H groups in total. The molecule has 0 aromatic heterocycles. The highest BCUT2D eigenvalue weighted by atomic mass is 35.5. The first kappa shape index (κ1) is 7.36. The molecule has 0 aliphatic carbocycles. The van der Waals surface area contributed by atoms with Crippen LogP contribution in [-0.2, 0) is 4.74 Å². The number of unbranched alkanes of at least 4 members (excludes halogenated alkanes) is 1. The maximum Gasteiger partial charge on any atom is 0.0839 e. The van der Waals surface area contributed by atoms with Gasteiger partial charge < -0.3 is 4.74 Å². The van der Waals surface area contributed by atoms with Gasteiger partial charge in [0.1, 0.15) is 0 Å². The summed E-state index contributed by atoms with van der Waals surface area (Å²) in [6.45, 7) is 2.12. The van der Waals surface area contributed by atoms with Crippen LogP contribution in [0.5, 0.6) is 0 Å². The van der Waals surface area contributed by atoms with E-state index in [-0.39, 0.29) is 0 Å². The number of halogens is 1. The smallest absolute Gasteiger partial charge is 0.0839 e. The van der Waals surface area contributed by atoms with Crippen LogP contribution in [0.4, 0.5) is 0 Å². The van der Waals surface area contributed by atoms with Crippen LogP contribution in [0.1, 0.15) is 26.2 Å². The Morgan fingerprint density at radius 1 is 1.44 bits per heavy atom. The van der Waals surface area contributed by atoms with Crippen LogP contribution in [0.25, 0.3) is 0 Å². The van der Waals surface area contributed by atoms with Gasteiger partial charge in [0.25, 0.3) is 0 Å². The van der Waals surface area contributed by atoms with E-state index in [4.69, 9.17) is 16.3 Å². The van der Waals surface area contributed by atoms with Gasteiger partial charge >= 0.3 is 0 Å². The molecule has 0 saturated carbocycles. The van der Waals surface area contributed by atoms with Crippen LogP contribution in [0.3, 0.4) is 0 Å². The zero-order valence-electron chi connectivity index (χ0n) is 5.77. The summed E-state index contributed by atoms with van der Waals surface area (Å²) in [4.78, 5) is 0. The summed E-state index contributed by atoms with van der Waals surface area (Å²) in [6, 6.07) is 0. The molecule has 0 spiro atoms. The normalized spacial score (nSPS) is 32.7. The molecule has 2 heteroatoms. The van der Waals surface area contributed by atoms with Crippen molar-refractivity contribution in [2.45, 2.75) is 38.4 Å². The molecule has 0 aromatic rings. The lowest BCUT2D eigenvalue weighted by Crippen LogP contribution is -1.89. The number of epoxide rings is 1. The molecule has 0 radical (unpaired) electrons. The molecule has 1 aliphatic rings. The van der Waals surface area contributed by atoms with Crippen LogP contribution in [0.15, 0.2) is 0 Å². The Labute approximate surface area is 61.3 Å². The van der Waals surface area contributed by atoms with E-state index >= 15 is 0 Å². The van der Waals surface area contributed by atoms with Gasteiger partial charge in [0.15, 0.2) is 0 Å². The summed E-state index contributed by atoms with van der Waals surface area (Å²) in [6.07, 6.45) is 4.65. The predicted octanol–water partition coefficient (Wildman–Crippen LogP) is 2.18. The van der Waals surface area contributed by atoms with E-state index in [0.717, 1.165) is 12.3 Å². The van der Waals surface area contributed by atoms with E-state index in [0.29, 0.717) is 12.2 Å². The third-order valence-corrected chi connectivity index (χ3v) is 1.98. The van der Waals surface area contributed by atoms with Crippen molar-refractivity contribution in [1.29, 1.82) is 0 Å². The van der Waals surface area contributed by atoms with Crippen molar-refractivity contribution in [3.05, 3.63) is 0 Å². The second kappa shape index (κ2) is 3.43.